The van der Waals surface area contributed by atoms with E-state index in [9.17, 15) is 10.1 Å². The van der Waals surface area contributed by atoms with Crippen molar-refractivity contribution in [1.29, 1.82) is 0 Å². The molecule has 0 saturated heterocycles. The van der Waals surface area contributed by atoms with Crippen molar-refractivity contribution in [3.05, 3.63) is 33.9 Å². The Morgan fingerprint density at radius 2 is 2.27 bits per heavy atom. The molecule has 0 aliphatic heterocycles. The molecule has 0 unspecified atom stereocenters. The van der Waals surface area contributed by atoms with Crippen LogP contribution in [-0.2, 0) is 0 Å². The molecule has 3 nitrogen and oxygen atoms in total. The predicted octanol–water partition coefficient (Wildman–Crippen LogP) is 3.62. The number of thioether (sulfide) groups is 1. The third-order valence-corrected chi connectivity index (χ3v) is 3.32. The van der Waals surface area contributed by atoms with Crippen LogP contribution in [0.25, 0.3) is 0 Å². The van der Waals surface area contributed by atoms with Gasteiger partial charge in [0.15, 0.2) is 0 Å². The van der Waals surface area contributed by atoms with Crippen LogP contribution in [0, 0.1) is 17.0 Å². The fourth-order valence-corrected chi connectivity index (χ4v) is 2.57. The molecule has 0 saturated carbocycles. The number of aryl methyl sites for hydroxylation is 1. The van der Waals surface area contributed by atoms with E-state index in [0.29, 0.717) is 11.4 Å². The van der Waals surface area contributed by atoms with E-state index in [4.69, 9.17) is 11.6 Å². The summed E-state index contributed by atoms with van der Waals surface area (Å²) in [6.07, 6.45) is 0.858. The first kappa shape index (κ1) is 12.3. The minimum Gasteiger partial charge on any atom is -0.258 e. The maximum absolute atomic E-state index is 10.8. The van der Waals surface area contributed by atoms with E-state index >= 15 is 0 Å². The molecule has 1 rings (SSSR count). The van der Waals surface area contributed by atoms with Crippen molar-refractivity contribution in [2.75, 3.05) is 11.6 Å². The lowest BCUT2D eigenvalue weighted by Crippen LogP contribution is -1.94. The number of rotatable bonds is 5. The number of hydrogen-bond donors (Lipinski definition) is 0. The van der Waals surface area contributed by atoms with Crippen LogP contribution in [0.2, 0.25) is 0 Å². The molecule has 0 aliphatic carbocycles. The monoisotopic (exact) mass is 245 g/mol. The summed E-state index contributed by atoms with van der Waals surface area (Å²) in [5, 5.41) is 10.8. The van der Waals surface area contributed by atoms with Gasteiger partial charge in [0.25, 0.3) is 5.69 Å². The average Bonchev–Trinajstić information content (AvgIpc) is 2.17. The lowest BCUT2D eigenvalue weighted by Gasteiger charge is -2.03. The van der Waals surface area contributed by atoms with Crippen LogP contribution in [0.1, 0.15) is 12.0 Å². The summed E-state index contributed by atoms with van der Waals surface area (Å²) in [5.74, 6) is 1.40. The molecule has 0 fully saturated rings. The van der Waals surface area contributed by atoms with Gasteiger partial charge in [0.05, 0.1) is 9.82 Å². The van der Waals surface area contributed by atoms with Gasteiger partial charge in [-0.2, -0.15) is 0 Å². The Kier molecular flexibility index (Phi) is 4.91. The molecule has 1 aromatic rings. The SMILES string of the molecule is Cc1cccc(SCCCCl)c1[N+](=O)[O-]. The summed E-state index contributed by atoms with van der Waals surface area (Å²) in [6, 6.07) is 5.37. The highest BCUT2D eigenvalue weighted by Gasteiger charge is 2.16. The van der Waals surface area contributed by atoms with Crippen LogP contribution in [0.5, 0.6) is 0 Å². The Morgan fingerprint density at radius 3 is 2.87 bits per heavy atom. The van der Waals surface area contributed by atoms with E-state index in [-0.39, 0.29) is 10.6 Å². The van der Waals surface area contributed by atoms with Crippen LogP contribution in [0.15, 0.2) is 23.1 Å². The standard InChI is InChI=1S/C10H12ClNO2S/c1-8-4-2-5-9(10(8)12(13)14)15-7-3-6-11/h2,4-5H,3,6-7H2,1H3. The number of halogens is 1. The lowest BCUT2D eigenvalue weighted by atomic mass is 10.2. The second kappa shape index (κ2) is 5.98. The fraction of sp³-hybridized carbons (Fsp3) is 0.400. The van der Waals surface area contributed by atoms with Gasteiger partial charge in [-0.1, -0.05) is 12.1 Å². The van der Waals surface area contributed by atoms with Gasteiger partial charge in [-0.25, -0.2) is 0 Å². The van der Waals surface area contributed by atoms with Crippen molar-refractivity contribution >= 4 is 29.1 Å². The molecule has 0 N–H and O–H groups in total. The second-order valence-corrected chi connectivity index (χ2v) is 4.58. The molecule has 0 spiro atoms. The quantitative estimate of drug-likeness (QED) is 0.262. The summed E-state index contributed by atoms with van der Waals surface area (Å²) in [6.45, 7) is 1.75. The highest BCUT2D eigenvalue weighted by Crippen LogP contribution is 2.32. The summed E-state index contributed by atoms with van der Waals surface area (Å²) in [4.78, 5) is 11.2. The minimum atomic E-state index is -0.321. The normalized spacial score (nSPS) is 10.3. The van der Waals surface area contributed by atoms with Crippen molar-refractivity contribution in [1.82, 2.24) is 0 Å². The fourth-order valence-electron chi connectivity index (χ4n) is 1.22. The van der Waals surface area contributed by atoms with Crippen molar-refractivity contribution in [3.63, 3.8) is 0 Å². The largest absolute Gasteiger partial charge is 0.285 e. The molecule has 0 radical (unpaired) electrons. The van der Waals surface area contributed by atoms with Gasteiger partial charge in [0, 0.05) is 11.4 Å². The van der Waals surface area contributed by atoms with Crippen molar-refractivity contribution < 1.29 is 4.92 Å². The topological polar surface area (TPSA) is 43.1 Å². The number of nitro benzene ring substituents is 1. The van der Waals surface area contributed by atoms with Crippen LogP contribution < -0.4 is 0 Å². The zero-order chi connectivity index (χ0) is 11.3. The van der Waals surface area contributed by atoms with E-state index in [1.54, 1.807) is 19.1 Å². The molecule has 0 atom stereocenters. The molecule has 0 aromatic heterocycles. The van der Waals surface area contributed by atoms with E-state index in [2.05, 4.69) is 0 Å². The maximum atomic E-state index is 10.8. The molecular weight excluding hydrogens is 234 g/mol. The van der Waals surface area contributed by atoms with E-state index < -0.39 is 0 Å². The summed E-state index contributed by atoms with van der Waals surface area (Å²) < 4.78 is 0. The number of hydrogen-bond acceptors (Lipinski definition) is 3. The maximum Gasteiger partial charge on any atom is 0.285 e. The van der Waals surface area contributed by atoms with Gasteiger partial charge in [0.2, 0.25) is 0 Å². The van der Waals surface area contributed by atoms with Gasteiger partial charge in [-0.3, -0.25) is 10.1 Å². The number of para-hydroxylation sites is 1. The molecule has 0 amide bonds. The Morgan fingerprint density at radius 1 is 1.53 bits per heavy atom. The highest BCUT2D eigenvalue weighted by molar-refractivity contribution is 7.99. The summed E-state index contributed by atoms with van der Waals surface area (Å²) in [7, 11) is 0. The number of nitro groups is 1. The molecule has 1 aromatic carbocycles. The van der Waals surface area contributed by atoms with Crippen molar-refractivity contribution in [2.24, 2.45) is 0 Å². The third kappa shape index (κ3) is 3.39. The van der Waals surface area contributed by atoms with Gasteiger partial charge in [-0.15, -0.1) is 23.4 Å². The zero-order valence-corrected chi connectivity index (χ0v) is 9.98. The first-order valence-corrected chi connectivity index (χ1v) is 6.11. The molecular formula is C10H12ClNO2S. The van der Waals surface area contributed by atoms with Crippen LogP contribution in [0.4, 0.5) is 5.69 Å². The summed E-state index contributed by atoms with van der Waals surface area (Å²) in [5.41, 5.74) is 0.924. The molecule has 0 bridgehead atoms. The minimum absolute atomic E-state index is 0.220. The van der Waals surface area contributed by atoms with Gasteiger partial charge >= 0.3 is 0 Å². The molecule has 0 aliphatic rings. The third-order valence-electron chi connectivity index (χ3n) is 1.92. The number of nitrogens with zero attached hydrogens (tertiary/aromatic N) is 1. The summed E-state index contributed by atoms with van der Waals surface area (Å²) >= 11 is 7.04. The highest BCUT2D eigenvalue weighted by atomic mass is 35.5. The Labute approximate surface area is 98.0 Å². The molecule has 5 heteroatoms. The average molecular weight is 246 g/mol. The molecule has 82 valence electrons. The first-order valence-electron chi connectivity index (χ1n) is 4.59. The van der Waals surface area contributed by atoms with Gasteiger partial charge < -0.3 is 0 Å². The van der Waals surface area contributed by atoms with Crippen LogP contribution in [-0.4, -0.2) is 16.6 Å². The zero-order valence-electron chi connectivity index (χ0n) is 8.40. The lowest BCUT2D eigenvalue weighted by molar-refractivity contribution is -0.388. The van der Waals surface area contributed by atoms with Gasteiger partial charge in [0.1, 0.15) is 0 Å². The Balaban J connectivity index is 2.86. The number of alkyl halides is 1. The van der Waals surface area contributed by atoms with Gasteiger partial charge in [-0.05, 0) is 25.2 Å². The molecule has 0 heterocycles. The van der Waals surface area contributed by atoms with E-state index in [1.807, 2.05) is 6.07 Å². The number of benzene rings is 1. The Hall–Kier alpha value is -0.740. The second-order valence-electron chi connectivity index (χ2n) is 3.07. The molecule has 15 heavy (non-hydrogen) atoms. The van der Waals surface area contributed by atoms with Crippen LogP contribution >= 0.6 is 23.4 Å². The van der Waals surface area contributed by atoms with Crippen LogP contribution in [0.3, 0.4) is 0 Å². The predicted molar refractivity (Wildman–Crippen MR) is 63.9 cm³/mol. The van der Waals surface area contributed by atoms with Crippen molar-refractivity contribution in [3.8, 4) is 0 Å². The Bertz CT molecular complexity index is 357. The first-order chi connectivity index (χ1) is 7.16. The van der Waals surface area contributed by atoms with Crippen molar-refractivity contribution in [2.45, 2.75) is 18.2 Å². The smallest absolute Gasteiger partial charge is 0.258 e. The van der Waals surface area contributed by atoms with E-state index in [0.717, 1.165) is 17.1 Å². The van der Waals surface area contributed by atoms with E-state index in [1.165, 1.54) is 11.8 Å².